The lowest BCUT2D eigenvalue weighted by Gasteiger charge is -2.41. The molecule has 29 heavy (non-hydrogen) atoms. The summed E-state index contributed by atoms with van der Waals surface area (Å²) in [5.74, 6) is 0.719. The molecule has 3 aliphatic rings. The van der Waals surface area contributed by atoms with Crippen LogP contribution >= 0.6 is 0 Å². The fraction of sp³-hybridized carbons (Fsp3) is 0.708. The van der Waals surface area contributed by atoms with E-state index in [0.717, 1.165) is 55.9 Å². The number of nitrogens with zero attached hydrogens (tertiary/aromatic N) is 2. The highest BCUT2D eigenvalue weighted by Crippen LogP contribution is 2.41. The highest BCUT2D eigenvalue weighted by atomic mass is 16.5. The molecule has 1 aliphatic heterocycles. The molecular formula is C24H35N3O2. The lowest BCUT2D eigenvalue weighted by atomic mass is 9.90. The Morgan fingerprint density at radius 3 is 2.45 bits per heavy atom. The van der Waals surface area contributed by atoms with Crippen LogP contribution in [0.5, 0.6) is 0 Å². The molecule has 0 atom stereocenters. The zero-order valence-corrected chi connectivity index (χ0v) is 17.7. The average Bonchev–Trinajstić information content (AvgIpc) is 3.55. The summed E-state index contributed by atoms with van der Waals surface area (Å²) in [6.07, 6.45) is 11.3. The van der Waals surface area contributed by atoms with E-state index in [9.17, 15) is 4.79 Å². The third-order valence-corrected chi connectivity index (χ3v) is 7.37. The van der Waals surface area contributed by atoms with Gasteiger partial charge in [0.25, 0.3) is 0 Å². The second-order valence-electron chi connectivity index (χ2n) is 9.42. The summed E-state index contributed by atoms with van der Waals surface area (Å²) in [6, 6.07) is 7.61. The van der Waals surface area contributed by atoms with Crippen LogP contribution in [-0.2, 0) is 4.74 Å². The van der Waals surface area contributed by atoms with Gasteiger partial charge < -0.3 is 14.6 Å². The van der Waals surface area contributed by atoms with Crippen LogP contribution in [0, 0.1) is 0 Å². The van der Waals surface area contributed by atoms with Crippen molar-refractivity contribution in [1.82, 2.24) is 14.5 Å². The first kappa shape index (κ1) is 19.4. The minimum atomic E-state index is 0.0694. The molecule has 0 unspecified atom stereocenters. The van der Waals surface area contributed by atoms with E-state index in [-0.39, 0.29) is 5.69 Å². The lowest BCUT2D eigenvalue weighted by molar-refractivity contribution is 0.00254. The summed E-state index contributed by atoms with van der Waals surface area (Å²) in [5, 5.41) is 0. The maximum absolute atomic E-state index is 12.7. The van der Waals surface area contributed by atoms with Crippen LogP contribution in [-0.4, -0.2) is 46.3 Å². The molecule has 3 fully saturated rings. The van der Waals surface area contributed by atoms with E-state index < -0.39 is 0 Å². The number of aromatic nitrogens is 2. The smallest absolute Gasteiger partial charge is 0.326 e. The first-order valence-electron chi connectivity index (χ1n) is 11.8. The molecule has 2 aromatic rings. The minimum absolute atomic E-state index is 0.0694. The summed E-state index contributed by atoms with van der Waals surface area (Å²) in [4.78, 5) is 18.5. The van der Waals surface area contributed by atoms with E-state index >= 15 is 0 Å². The average molecular weight is 398 g/mol. The lowest BCUT2D eigenvalue weighted by Crippen LogP contribution is -2.45. The van der Waals surface area contributed by atoms with Crippen LogP contribution in [0.1, 0.15) is 82.2 Å². The summed E-state index contributed by atoms with van der Waals surface area (Å²) >= 11 is 0. The molecule has 0 bridgehead atoms. The summed E-state index contributed by atoms with van der Waals surface area (Å²) < 4.78 is 8.02. The van der Waals surface area contributed by atoms with Crippen LogP contribution < -0.4 is 5.69 Å². The monoisotopic (exact) mass is 397 g/mol. The van der Waals surface area contributed by atoms with Gasteiger partial charge in [-0.05, 0) is 81.4 Å². The first-order valence-corrected chi connectivity index (χ1v) is 11.8. The molecule has 158 valence electrons. The van der Waals surface area contributed by atoms with Crippen molar-refractivity contribution in [2.24, 2.45) is 0 Å². The SMILES string of the molecule is CCCOC1CCC(N2CCC(n3c(=O)[nH]c4ccc(C5CC5)cc43)CC2)CC1. The van der Waals surface area contributed by atoms with E-state index in [1.165, 1.54) is 44.1 Å². The van der Waals surface area contributed by atoms with Crippen molar-refractivity contribution >= 4 is 11.0 Å². The number of likely N-dealkylation sites (tertiary alicyclic amines) is 1. The van der Waals surface area contributed by atoms with Gasteiger partial charge >= 0.3 is 5.69 Å². The van der Waals surface area contributed by atoms with Crippen molar-refractivity contribution in [2.75, 3.05) is 19.7 Å². The Hall–Kier alpha value is -1.59. The summed E-state index contributed by atoms with van der Waals surface area (Å²) in [5.41, 5.74) is 3.59. The predicted octanol–water partition coefficient (Wildman–Crippen LogP) is 4.58. The van der Waals surface area contributed by atoms with Gasteiger partial charge in [0.2, 0.25) is 0 Å². The Bertz CT molecular complexity index is 881. The topological polar surface area (TPSA) is 50.3 Å². The molecule has 2 heterocycles. The van der Waals surface area contributed by atoms with Crippen LogP contribution in [0.15, 0.2) is 23.0 Å². The van der Waals surface area contributed by atoms with E-state index in [1.807, 2.05) is 0 Å². The molecule has 1 aromatic carbocycles. The van der Waals surface area contributed by atoms with E-state index in [0.29, 0.717) is 18.2 Å². The second-order valence-corrected chi connectivity index (χ2v) is 9.42. The fourth-order valence-electron chi connectivity index (χ4n) is 5.54. The number of H-pyrrole nitrogens is 1. The van der Waals surface area contributed by atoms with E-state index in [2.05, 4.69) is 39.6 Å². The Kier molecular flexibility index (Phi) is 5.53. The molecule has 0 radical (unpaired) electrons. The van der Waals surface area contributed by atoms with Gasteiger partial charge in [-0.25, -0.2) is 4.79 Å². The van der Waals surface area contributed by atoms with Crippen LogP contribution in [0.2, 0.25) is 0 Å². The van der Waals surface area contributed by atoms with Gasteiger partial charge in [-0.1, -0.05) is 13.0 Å². The number of ether oxygens (including phenoxy) is 1. The Morgan fingerprint density at radius 1 is 1.00 bits per heavy atom. The Labute approximate surface area is 173 Å². The number of nitrogens with one attached hydrogen (secondary N) is 1. The Morgan fingerprint density at radius 2 is 1.76 bits per heavy atom. The van der Waals surface area contributed by atoms with Gasteiger partial charge in [-0.3, -0.25) is 4.57 Å². The molecule has 0 spiro atoms. The maximum atomic E-state index is 12.7. The molecule has 5 heteroatoms. The summed E-state index contributed by atoms with van der Waals surface area (Å²) in [6.45, 7) is 5.30. The number of hydrogen-bond donors (Lipinski definition) is 1. The standard InChI is InChI=1S/C24H35N3O2/c1-2-15-29-21-8-6-19(7-9-21)26-13-11-20(12-14-26)27-23-16-18(17-3-4-17)5-10-22(23)25-24(27)28/h5,10,16-17,19-21H,2-4,6-9,11-15H2,1H3,(H,25,28). The number of benzene rings is 1. The van der Waals surface area contributed by atoms with Gasteiger partial charge in [0.1, 0.15) is 0 Å². The van der Waals surface area contributed by atoms with Crippen molar-refractivity contribution in [3.8, 4) is 0 Å². The number of imidazole rings is 1. The number of aromatic amines is 1. The maximum Gasteiger partial charge on any atom is 0.326 e. The number of rotatable bonds is 6. The first-order chi connectivity index (χ1) is 14.2. The van der Waals surface area contributed by atoms with Crippen LogP contribution in [0.25, 0.3) is 11.0 Å². The molecule has 2 saturated carbocycles. The van der Waals surface area contributed by atoms with Crippen molar-refractivity contribution in [2.45, 2.75) is 88.8 Å². The molecule has 1 aromatic heterocycles. The second kappa shape index (κ2) is 8.27. The highest BCUT2D eigenvalue weighted by Gasteiger charge is 2.31. The predicted molar refractivity (Wildman–Crippen MR) is 117 cm³/mol. The van der Waals surface area contributed by atoms with Crippen molar-refractivity contribution < 1.29 is 4.74 Å². The zero-order valence-electron chi connectivity index (χ0n) is 17.7. The van der Waals surface area contributed by atoms with E-state index in [4.69, 9.17) is 4.74 Å². The van der Waals surface area contributed by atoms with Gasteiger partial charge in [0, 0.05) is 31.8 Å². The third kappa shape index (κ3) is 4.04. The van der Waals surface area contributed by atoms with Crippen LogP contribution in [0.4, 0.5) is 0 Å². The number of fused-ring (bicyclic) bond motifs is 1. The van der Waals surface area contributed by atoms with Gasteiger partial charge in [0.05, 0.1) is 17.1 Å². The highest BCUT2D eigenvalue weighted by molar-refractivity contribution is 5.76. The zero-order chi connectivity index (χ0) is 19.8. The molecule has 0 amide bonds. The molecule has 5 nitrogen and oxygen atoms in total. The number of hydrogen-bond acceptors (Lipinski definition) is 3. The van der Waals surface area contributed by atoms with Crippen molar-refractivity contribution in [3.05, 3.63) is 34.2 Å². The normalized spacial score (nSPS) is 26.9. The summed E-state index contributed by atoms with van der Waals surface area (Å²) in [7, 11) is 0. The van der Waals surface area contributed by atoms with Crippen molar-refractivity contribution in [1.29, 1.82) is 0 Å². The molecular weight excluding hydrogens is 362 g/mol. The fourth-order valence-corrected chi connectivity index (χ4v) is 5.54. The van der Waals surface area contributed by atoms with Gasteiger partial charge in [-0.2, -0.15) is 0 Å². The minimum Gasteiger partial charge on any atom is -0.378 e. The van der Waals surface area contributed by atoms with Gasteiger partial charge in [0.15, 0.2) is 0 Å². The third-order valence-electron chi connectivity index (χ3n) is 7.37. The quantitative estimate of drug-likeness (QED) is 0.776. The largest absolute Gasteiger partial charge is 0.378 e. The molecule has 1 N–H and O–H groups in total. The van der Waals surface area contributed by atoms with Crippen molar-refractivity contribution in [3.63, 3.8) is 0 Å². The van der Waals surface area contributed by atoms with E-state index in [1.54, 1.807) is 0 Å². The molecule has 2 aliphatic carbocycles. The Balaban J connectivity index is 1.23. The number of piperidine rings is 1. The molecule has 1 saturated heterocycles. The van der Waals surface area contributed by atoms with Crippen LogP contribution in [0.3, 0.4) is 0 Å². The molecule has 5 rings (SSSR count). The van der Waals surface area contributed by atoms with Gasteiger partial charge in [-0.15, -0.1) is 0 Å².